The second kappa shape index (κ2) is 11.4. The Labute approximate surface area is 227 Å². The summed E-state index contributed by atoms with van der Waals surface area (Å²) in [6.07, 6.45) is 5.65. The number of rotatable bonds is 6. The fourth-order valence-corrected chi connectivity index (χ4v) is 8.10. The molecule has 1 aromatic heterocycles. The van der Waals surface area contributed by atoms with E-state index in [4.69, 9.17) is 4.74 Å². The van der Waals surface area contributed by atoms with Crippen molar-refractivity contribution in [2.45, 2.75) is 31.8 Å². The Hall–Kier alpha value is -3.58. The van der Waals surface area contributed by atoms with E-state index in [0.717, 1.165) is 31.4 Å². The van der Waals surface area contributed by atoms with Crippen molar-refractivity contribution in [1.82, 2.24) is 4.98 Å². The maximum absolute atomic E-state index is 6.03. The second-order valence-corrected chi connectivity index (χ2v) is 12.1. The molecule has 0 saturated heterocycles. The summed E-state index contributed by atoms with van der Waals surface area (Å²) in [4.78, 5) is 4.62. The van der Waals surface area contributed by atoms with E-state index in [0.29, 0.717) is 0 Å². The van der Waals surface area contributed by atoms with E-state index in [1.165, 1.54) is 43.7 Å². The van der Waals surface area contributed by atoms with Gasteiger partial charge in [0.05, 0.1) is 5.69 Å². The van der Waals surface area contributed by atoms with Gasteiger partial charge in [-0.2, -0.15) is 0 Å². The molecule has 0 aliphatic heterocycles. The summed E-state index contributed by atoms with van der Waals surface area (Å²) in [6.45, 7) is 0. The van der Waals surface area contributed by atoms with Crippen LogP contribution in [0.1, 0.15) is 39.6 Å². The Bertz CT molecular complexity index is 1460. The lowest BCUT2D eigenvalue weighted by Crippen LogP contribution is -2.24. The molecule has 0 fully saturated rings. The molecule has 1 heterocycles. The van der Waals surface area contributed by atoms with Gasteiger partial charge in [0.25, 0.3) is 0 Å². The van der Waals surface area contributed by atoms with Crippen LogP contribution in [-0.2, 0) is 30.4 Å². The molecule has 38 heavy (non-hydrogen) atoms. The summed E-state index contributed by atoms with van der Waals surface area (Å²) in [5.41, 5.74) is 7.74. The van der Waals surface area contributed by atoms with Gasteiger partial charge in [-0.25, -0.2) is 0 Å². The molecule has 4 aliphatic rings. The summed E-state index contributed by atoms with van der Waals surface area (Å²) < 4.78 is 6.03. The van der Waals surface area contributed by atoms with Gasteiger partial charge in [0.15, 0.2) is 0 Å². The van der Waals surface area contributed by atoms with E-state index in [1.54, 1.807) is 7.11 Å². The maximum atomic E-state index is 6.03. The van der Waals surface area contributed by atoms with Gasteiger partial charge in [-0.15, -0.1) is 0 Å². The average molecular weight is 514 g/mol. The zero-order valence-electron chi connectivity index (χ0n) is 21.8. The first-order valence-corrected chi connectivity index (χ1v) is 14.7. The minimum atomic E-state index is -0.634. The normalized spacial score (nSPS) is 13.7. The molecule has 0 spiro atoms. The Balaban J connectivity index is 1.41. The van der Waals surface area contributed by atoms with Crippen LogP contribution in [0.4, 0.5) is 0 Å². The number of pyridine rings is 1. The van der Waals surface area contributed by atoms with Crippen LogP contribution in [0.2, 0.25) is 0 Å². The van der Waals surface area contributed by atoms with E-state index < -0.39 is 7.92 Å². The Morgan fingerprint density at radius 2 is 1.24 bits per heavy atom. The highest BCUT2D eigenvalue weighted by atomic mass is 31.1. The van der Waals surface area contributed by atoms with Crippen molar-refractivity contribution in [1.29, 1.82) is 0 Å². The number of aryl methyl sites for hydroxylation is 4. The summed E-state index contributed by atoms with van der Waals surface area (Å²) in [7, 11) is 1.16. The van der Waals surface area contributed by atoms with Gasteiger partial charge in [-0.1, -0.05) is 103 Å². The molecule has 2 nitrogen and oxygen atoms in total. The molecule has 0 radical (unpaired) electrons. The summed E-state index contributed by atoms with van der Waals surface area (Å²) in [6, 6.07) is 42.4. The summed E-state index contributed by atoms with van der Waals surface area (Å²) >= 11 is 0. The third kappa shape index (κ3) is 5.20. The minimum Gasteiger partial charge on any atom is -0.370 e. The van der Waals surface area contributed by atoms with Crippen molar-refractivity contribution in [3.63, 3.8) is 0 Å². The van der Waals surface area contributed by atoms with Crippen molar-refractivity contribution >= 4 is 23.8 Å². The predicted octanol–water partition coefficient (Wildman–Crippen LogP) is 6.46. The van der Waals surface area contributed by atoms with Crippen molar-refractivity contribution in [2.24, 2.45) is 0 Å². The van der Waals surface area contributed by atoms with Gasteiger partial charge in [-0.3, -0.25) is 4.98 Å². The lowest BCUT2D eigenvalue weighted by atomic mass is 9.90. The molecule has 0 amide bonds. The number of benzene rings is 4. The number of methoxy groups -OCH3 is 1. The van der Waals surface area contributed by atoms with Crippen LogP contribution in [-0.4, -0.2) is 12.1 Å². The topological polar surface area (TPSA) is 22.1 Å². The van der Waals surface area contributed by atoms with Gasteiger partial charge < -0.3 is 4.74 Å². The summed E-state index contributed by atoms with van der Waals surface area (Å²) in [5, 5.41) is 4.31. The van der Waals surface area contributed by atoms with E-state index in [9.17, 15) is 0 Å². The predicted molar refractivity (Wildman–Crippen MR) is 159 cm³/mol. The van der Waals surface area contributed by atoms with Crippen LogP contribution in [0.15, 0.2) is 121 Å². The third-order valence-corrected chi connectivity index (χ3v) is 10.00. The smallest absolute Gasteiger partial charge is 0.124 e. The van der Waals surface area contributed by atoms with Crippen molar-refractivity contribution in [3.8, 4) is 0 Å². The van der Waals surface area contributed by atoms with Crippen molar-refractivity contribution in [2.75, 3.05) is 7.11 Å². The first-order chi connectivity index (χ1) is 18.8. The molecule has 9 rings (SSSR count). The number of ether oxygens (including phenoxy) is 1. The lowest BCUT2D eigenvalue weighted by molar-refractivity contribution is 0.132. The quantitative estimate of drug-likeness (QED) is 0.243. The van der Waals surface area contributed by atoms with Gasteiger partial charge in [0, 0.05) is 13.3 Å². The zero-order valence-corrected chi connectivity index (χ0v) is 22.6. The van der Waals surface area contributed by atoms with Crippen molar-refractivity contribution < 1.29 is 4.74 Å². The lowest BCUT2D eigenvalue weighted by Gasteiger charge is -2.25. The molecule has 0 N–H and O–H groups in total. The number of hydrogen-bond donors (Lipinski definition) is 0. The van der Waals surface area contributed by atoms with E-state index in [1.807, 2.05) is 18.3 Å². The fourth-order valence-electron chi connectivity index (χ4n) is 5.53. The highest BCUT2D eigenvalue weighted by molar-refractivity contribution is 7.79. The SMILES string of the molecule is CO[C@H](c1ccccn1)c1cc2ccc1CCc1ccc(c(P(c3ccccc3)c3ccccc3)c1)CC2. The first-order valence-electron chi connectivity index (χ1n) is 13.4. The van der Waals surface area contributed by atoms with Gasteiger partial charge >= 0.3 is 0 Å². The molecule has 3 heteroatoms. The molecule has 4 aliphatic carbocycles. The molecule has 0 saturated carbocycles. The molecule has 1 atom stereocenters. The molecule has 5 aromatic rings. The molecular formula is C35H32NOP. The second-order valence-electron chi connectivity index (χ2n) is 9.87. The van der Waals surface area contributed by atoms with Crippen molar-refractivity contribution in [3.05, 3.63) is 155 Å². The first kappa shape index (κ1) is 24.7. The van der Waals surface area contributed by atoms with Gasteiger partial charge in [0.1, 0.15) is 6.10 Å². The Morgan fingerprint density at radius 1 is 0.632 bits per heavy atom. The van der Waals surface area contributed by atoms with Crippen LogP contribution >= 0.6 is 7.92 Å². The number of aromatic nitrogens is 1. The molecule has 4 aromatic carbocycles. The highest BCUT2D eigenvalue weighted by Crippen LogP contribution is 2.36. The Morgan fingerprint density at radius 3 is 1.87 bits per heavy atom. The monoisotopic (exact) mass is 513 g/mol. The van der Waals surface area contributed by atoms with Gasteiger partial charge in [0.2, 0.25) is 0 Å². The van der Waals surface area contributed by atoms with E-state index in [-0.39, 0.29) is 6.10 Å². The zero-order chi connectivity index (χ0) is 25.7. The maximum Gasteiger partial charge on any atom is 0.124 e. The van der Waals surface area contributed by atoms with Crippen LogP contribution < -0.4 is 15.9 Å². The largest absolute Gasteiger partial charge is 0.370 e. The van der Waals surface area contributed by atoms with Crippen LogP contribution in [0, 0.1) is 0 Å². The third-order valence-electron chi connectivity index (χ3n) is 7.47. The molecule has 188 valence electrons. The summed E-state index contributed by atoms with van der Waals surface area (Å²) in [5.74, 6) is 0. The molecule has 0 unspecified atom stereocenters. The van der Waals surface area contributed by atoms with Crippen LogP contribution in [0.5, 0.6) is 0 Å². The highest BCUT2D eigenvalue weighted by Gasteiger charge is 2.23. The van der Waals surface area contributed by atoms with E-state index >= 15 is 0 Å². The standard InChI is InChI=1S/C35H32NOP/c1-37-35(33-14-8-9-23-36-33)32-24-26-15-19-28(32)20-16-27-18-22-29(21-17-26)34(25-27)38(30-10-4-2-5-11-30)31-12-6-3-7-13-31/h2-15,18-19,22-25,35H,16-17,20-21H2,1H3/t35-/m0/s1. The van der Waals surface area contributed by atoms with E-state index in [2.05, 4.69) is 108 Å². The Kier molecular flexibility index (Phi) is 7.45. The number of nitrogens with zero attached hydrogens (tertiary/aromatic N) is 1. The molecular weight excluding hydrogens is 481 g/mol. The molecule has 4 bridgehead atoms. The minimum absolute atomic E-state index is 0.158. The van der Waals surface area contributed by atoms with Gasteiger partial charge in [-0.05, 0) is 89.5 Å². The van der Waals surface area contributed by atoms with Crippen LogP contribution in [0.3, 0.4) is 0 Å². The van der Waals surface area contributed by atoms with Crippen LogP contribution in [0.25, 0.3) is 0 Å². The fraction of sp³-hybridized carbons (Fsp3) is 0.171. The number of hydrogen-bond acceptors (Lipinski definition) is 2. The average Bonchev–Trinajstić information content (AvgIpc) is 2.97.